The first-order chi connectivity index (χ1) is 10.7. The van der Waals surface area contributed by atoms with Gasteiger partial charge in [-0.15, -0.1) is 45.3 Å². The van der Waals surface area contributed by atoms with E-state index < -0.39 is 0 Å². The molecule has 0 aliphatic rings. The lowest BCUT2D eigenvalue weighted by atomic mass is 10.5. The number of thiazole rings is 2. The van der Waals surface area contributed by atoms with Crippen molar-refractivity contribution in [2.45, 2.75) is 0 Å². The molecule has 0 amide bonds. The number of nitrogens with zero attached hydrogens (tertiary/aromatic N) is 2. The first-order valence-corrected chi connectivity index (χ1v) is 11.0. The number of hydrogen-bond acceptors (Lipinski definition) is 6. The lowest BCUT2D eigenvalue weighted by molar-refractivity contribution is 1.42. The van der Waals surface area contributed by atoms with Gasteiger partial charge in [-0.3, -0.25) is 0 Å². The van der Waals surface area contributed by atoms with Crippen LogP contribution in [0.4, 0.5) is 0 Å². The molecule has 4 aromatic rings. The van der Waals surface area contributed by atoms with E-state index in [2.05, 4.69) is 66.1 Å². The molecule has 0 saturated carbocycles. The number of hydrogen-bond donors (Lipinski definition) is 0. The zero-order chi connectivity index (χ0) is 15.1. The van der Waals surface area contributed by atoms with Gasteiger partial charge in [0, 0.05) is 12.4 Å². The normalized spacial score (nSPS) is 11.2. The summed E-state index contributed by atoms with van der Waals surface area (Å²) in [5.41, 5.74) is 0. The Morgan fingerprint density at radius 1 is 0.591 bits per heavy atom. The van der Waals surface area contributed by atoms with Crippen molar-refractivity contribution < 1.29 is 0 Å². The molecule has 0 radical (unpaired) electrons. The summed E-state index contributed by atoms with van der Waals surface area (Å²) >= 11 is 13.8. The molecule has 0 atom stereocenters. The van der Waals surface area contributed by atoms with Crippen LogP contribution in [0.3, 0.4) is 0 Å². The van der Waals surface area contributed by atoms with E-state index in [0.29, 0.717) is 0 Å². The number of aromatic nitrogens is 2. The highest BCUT2D eigenvalue weighted by molar-refractivity contribution is 9.11. The van der Waals surface area contributed by atoms with E-state index in [1.807, 2.05) is 12.4 Å². The van der Waals surface area contributed by atoms with Gasteiger partial charge in [0.25, 0.3) is 0 Å². The Morgan fingerprint density at radius 2 is 1.05 bits per heavy atom. The van der Waals surface area contributed by atoms with Crippen LogP contribution in [-0.2, 0) is 0 Å². The largest absolute Gasteiger partial charge is 0.243 e. The van der Waals surface area contributed by atoms with Crippen LogP contribution in [0.5, 0.6) is 0 Å². The number of rotatable bonds is 3. The van der Waals surface area contributed by atoms with Gasteiger partial charge in [0.05, 0.1) is 27.1 Å². The van der Waals surface area contributed by atoms with Gasteiger partial charge < -0.3 is 0 Å². The summed E-state index contributed by atoms with van der Waals surface area (Å²) in [6, 6.07) is 8.30. The minimum absolute atomic E-state index is 1.06. The van der Waals surface area contributed by atoms with E-state index in [0.717, 1.165) is 17.6 Å². The topological polar surface area (TPSA) is 25.8 Å². The number of thiophene rings is 2. The van der Waals surface area contributed by atoms with E-state index in [-0.39, 0.29) is 0 Å². The second-order valence-electron chi connectivity index (χ2n) is 4.27. The second-order valence-corrected chi connectivity index (χ2v) is 11.3. The van der Waals surface area contributed by atoms with Crippen molar-refractivity contribution in [2.24, 2.45) is 0 Å². The molecule has 2 nitrogen and oxygen atoms in total. The van der Waals surface area contributed by atoms with Gasteiger partial charge in [-0.05, 0) is 56.1 Å². The fraction of sp³-hybridized carbons (Fsp3) is 0. The zero-order valence-electron chi connectivity index (χ0n) is 10.7. The summed E-state index contributed by atoms with van der Waals surface area (Å²) in [6.45, 7) is 0. The molecule has 0 aliphatic carbocycles. The molecule has 22 heavy (non-hydrogen) atoms. The van der Waals surface area contributed by atoms with E-state index in [4.69, 9.17) is 0 Å². The molecule has 0 saturated heterocycles. The molecular formula is C14H6Br2N2S4. The summed E-state index contributed by atoms with van der Waals surface area (Å²) in [6.07, 6.45) is 3.88. The molecule has 8 heteroatoms. The predicted octanol–water partition coefficient (Wildman–Crippen LogP) is 7.25. The van der Waals surface area contributed by atoms with Crippen LogP contribution in [0.2, 0.25) is 0 Å². The monoisotopic (exact) mass is 488 g/mol. The van der Waals surface area contributed by atoms with Crippen LogP contribution in [0.25, 0.3) is 29.5 Å². The van der Waals surface area contributed by atoms with Crippen molar-refractivity contribution in [3.05, 3.63) is 44.2 Å². The highest BCUT2D eigenvalue weighted by atomic mass is 79.9. The molecule has 110 valence electrons. The Labute approximate surface area is 159 Å². The van der Waals surface area contributed by atoms with E-state index in [1.54, 1.807) is 45.3 Å². The van der Waals surface area contributed by atoms with Crippen LogP contribution in [0.15, 0.2) is 44.2 Å². The third-order valence-corrected chi connectivity index (χ3v) is 8.60. The van der Waals surface area contributed by atoms with Crippen molar-refractivity contribution in [1.82, 2.24) is 9.97 Å². The molecular weight excluding hydrogens is 484 g/mol. The summed E-state index contributed by atoms with van der Waals surface area (Å²) in [4.78, 5) is 13.8. The van der Waals surface area contributed by atoms with E-state index in [1.165, 1.54) is 19.5 Å². The average molecular weight is 490 g/mol. The fourth-order valence-electron chi connectivity index (χ4n) is 1.86. The van der Waals surface area contributed by atoms with Gasteiger partial charge in [0.15, 0.2) is 0 Å². The van der Waals surface area contributed by atoms with Crippen LogP contribution >= 0.6 is 77.2 Å². The standard InChI is InChI=1S/C14H6Br2N2S4/c15-11-3-1-7(19-11)13-17-5-9(21-13)10-6-18-14(22-10)8-2-4-12(16)20-8/h1-6H. The Bertz CT molecular complexity index is 858. The van der Waals surface area contributed by atoms with Crippen molar-refractivity contribution in [2.75, 3.05) is 0 Å². The lowest BCUT2D eigenvalue weighted by Gasteiger charge is -1.88. The van der Waals surface area contributed by atoms with Crippen LogP contribution in [0, 0.1) is 0 Å². The molecule has 0 unspecified atom stereocenters. The Hall–Kier alpha value is -0.380. The SMILES string of the molecule is Brc1ccc(-c2ncc(-c3cnc(-c4ccc(Br)s4)s3)s2)s1. The van der Waals surface area contributed by atoms with Gasteiger partial charge in [0.2, 0.25) is 0 Å². The summed E-state index contributed by atoms with van der Waals surface area (Å²) in [7, 11) is 0. The van der Waals surface area contributed by atoms with Gasteiger partial charge in [-0.1, -0.05) is 0 Å². The molecule has 0 fully saturated rings. The molecule has 4 aromatic heterocycles. The summed E-state index contributed by atoms with van der Waals surface area (Å²) < 4.78 is 2.25. The van der Waals surface area contributed by atoms with Crippen molar-refractivity contribution in [3.8, 4) is 29.5 Å². The molecule has 0 spiro atoms. The Kier molecular flexibility index (Phi) is 4.31. The maximum absolute atomic E-state index is 4.54. The van der Waals surface area contributed by atoms with E-state index in [9.17, 15) is 0 Å². The minimum Gasteiger partial charge on any atom is -0.243 e. The third kappa shape index (κ3) is 3.00. The van der Waals surface area contributed by atoms with Gasteiger partial charge in [0.1, 0.15) is 10.0 Å². The fourth-order valence-corrected chi connectivity index (χ4v) is 6.65. The zero-order valence-corrected chi connectivity index (χ0v) is 17.2. The summed E-state index contributed by atoms with van der Waals surface area (Å²) in [5.74, 6) is 0. The van der Waals surface area contributed by atoms with Gasteiger partial charge in [-0.25, -0.2) is 9.97 Å². The van der Waals surface area contributed by atoms with Crippen LogP contribution in [-0.4, -0.2) is 9.97 Å². The predicted molar refractivity (Wildman–Crippen MR) is 105 cm³/mol. The molecule has 0 aliphatic heterocycles. The molecule has 4 heterocycles. The average Bonchev–Trinajstić information content (AvgIpc) is 3.24. The Balaban J connectivity index is 1.65. The maximum Gasteiger partial charge on any atom is 0.133 e. The lowest BCUT2D eigenvalue weighted by Crippen LogP contribution is -1.63. The third-order valence-electron chi connectivity index (χ3n) is 2.82. The van der Waals surface area contributed by atoms with Gasteiger partial charge >= 0.3 is 0 Å². The van der Waals surface area contributed by atoms with Crippen molar-refractivity contribution >= 4 is 77.2 Å². The number of halogens is 2. The molecule has 4 rings (SSSR count). The highest BCUT2D eigenvalue weighted by Crippen LogP contribution is 2.41. The molecule has 0 bridgehead atoms. The summed E-state index contributed by atoms with van der Waals surface area (Å²) in [5, 5.41) is 2.11. The van der Waals surface area contributed by atoms with Crippen molar-refractivity contribution in [3.63, 3.8) is 0 Å². The smallest absolute Gasteiger partial charge is 0.133 e. The van der Waals surface area contributed by atoms with Gasteiger partial charge in [-0.2, -0.15) is 0 Å². The van der Waals surface area contributed by atoms with Crippen LogP contribution < -0.4 is 0 Å². The molecule has 0 aromatic carbocycles. The Morgan fingerprint density at radius 3 is 1.41 bits per heavy atom. The second kappa shape index (κ2) is 6.26. The highest BCUT2D eigenvalue weighted by Gasteiger charge is 2.13. The van der Waals surface area contributed by atoms with Crippen LogP contribution in [0.1, 0.15) is 0 Å². The maximum atomic E-state index is 4.54. The van der Waals surface area contributed by atoms with E-state index >= 15 is 0 Å². The quantitative estimate of drug-likeness (QED) is 0.303. The first-order valence-electron chi connectivity index (χ1n) is 6.12. The van der Waals surface area contributed by atoms with Crippen molar-refractivity contribution in [1.29, 1.82) is 0 Å². The minimum atomic E-state index is 1.06. The first kappa shape index (κ1) is 15.2. The molecule has 0 N–H and O–H groups in total.